The predicted octanol–water partition coefficient (Wildman–Crippen LogP) is 4.49. The van der Waals surface area contributed by atoms with Crippen LogP contribution in [0.3, 0.4) is 0 Å². The van der Waals surface area contributed by atoms with E-state index in [2.05, 4.69) is 15.9 Å². The van der Waals surface area contributed by atoms with Gasteiger partial charge >= 0.3 is 0 Å². The second kappa shape index (κ2) is 5.69. The van der Waals surface area contributed by atoms with Gasteiger partial charge in [0.15, 0.2) is 0 Å². The summed E-state index contributed by atoms with van der Waals surface area (Å²) in [7, 11) is 0. The Morgan fingerprint density at radius 3 is 2.67 bits per heavy atom. The summed E-state index contributed by atoms with van der Waals surface area (Å²) < 4.78 is 19.5. The van der Waals surface area contributed by atoms with Crippen LogP contribution in [0.4, 0.5) is 4.39 Å². The van der Waals surface area contributed by atoms with E-state index in [1.54, 1.807) is 24.3 Å². The molecule has 0 radical (unpaired) electrons. The van der Waals surface area contributed by atoms with E-state index in [1.165, 1.54) is 12.1 Å². The smallest absolute Gasteiger partial charge is 0.144 e. The summed E-state index contributed by atoms with van der Waals surface area (Å²) in [5.41, 5.74) is 6.38. The molecule has 2 aromatic rings. The topological polar surface area (TPSA) is 35.2 Å². The minimum atomic E-state index is -0.364. The molecule has 0 saturated heterocycles. The maximum Gasteiger partial charge on any atom is 0.144 e. The zero-order valence-electron chi connectivity index (χ0n) is 9.29. The second-order valence-electron chi connectivity index (χ2n) is 3.63. The Morgan fingerprint density at radius 2 is 1.94 bits per heavy atom. The van der Waals surface area contributed by atoms with Crippen molar-refractivity contribution in [3.63, 3.8) is 0 Å². The first kappa shape index (κ1) is 13.3. The Morgan fingerprint density at radius 1 is 1.17 bits per heavy atom. The summed E-state index contributed by atoms with van der Waals surface area (Å²) in [5, 5.41) is 0.584. The molecule has 0 atom stereocenters. The SMILES string of the molecule is NCc1cc(Cl)ccc1Oc1cc(F)ccc1Br. The first-order valence-corrected chi connectivity index (χ1v) is 6.38. The third-order valence-corrected chi connectivity index (χ3v) is 3.25. The summed E-state index contributed by atoms with van der Waals surface area (Å²) in [5.74, 6) is 0.594. The van der Waals surface area contributed by atoms with Crippen molar-refractivity contribution in [3.8, 4) is 11.5 Å². The van der Waals surface area contributed by atoms with Crippen molar-refractivity contribution in [2.45, 2.75) is 6.54 Å². The lowest BCUT2D eigenvalue weighted by Crippen LogP contribution is -1.99. The third-order valence-electron chi connectivity index (χ3n) is 2.36. The molecule has 0 amide bonds. The Labute approximate surface area is 118 Å². The average molecular weight is 331 g/mol. The lowest BCUT2D eigenvalue weighted by atomic mass is 10.2. The Hall–Kier alpha value is -1.10. The third kappa shape index (κ3) is 3.02. The fourth-order valence-electron chi connectivity index (χ4n) is 1.48. The highest BCUT2D eigenvalue weighted by Gasteiger charge is 2.08. The fraction of sp³-hybridized carbons (Fsp3) is 0.0769. The van der Waals surface area contributed by atoms with E-state index in [0.717, 1.165) is 5.56 Å². The molecular weight excluding hydrogens is 321 g/mol. The number of rotatable bonds is 3. The highest BCUT2D eigenvalue weighted by atomic mass is 79.9. The molecule has 94 valence electrons. The first-order chi connectivity index (χ1) is 8.60. The zero-order chi connectivity index (χ0) is 13.1. The summed E-state index contributed by atoms with van der Waals surface area (Å²) >= 11 is 9.17. The number of nitrogens with two attached hydrogens (primary N) is 1. The van der Waals surface area contributed by atoms with Gasteiger partial charge in [0, 0.05) is 23.2 Å². The van der Waals surface area contributed by atoms with Crippen molar-refractivity contribution in [2.24, 2.45) is 5.73 Å². The maximum absolute atomic E-state index is 13.1. The van der Waals surface area contributed by atoms with Gasteiger partial charge in [0.25, 0.3) is 0 Å². The van der Waals surface area contributed by atoms with Gasteiger partial charge in [-0.1, -0.05) is 11.6 Å². The van der Waals surface area contributed by atoms with Gasteiger partial charge in [-0.15, -0.1) is 0 Å². The van der Waals surface area contributed by atoms with Crippen LogP contribution in [-0.2, 0) is 6.54 Å². The molecule has 0 aliphatic carbocycles. The van der Waals surface area contributed by atoms with Crippen molar-refractivity contribution >= 4 is 27.5 Å². The zero-order valence-corrected chi connectivity index (χ0v) is 11.6. The number of halogens is 3. The number of benzene rings is 2. The van der Waals surface area contributed by atoms with Gasteiger partial charge in [0.2, 0.25) is 0 Å². The van der Waals surface area contributed by atoms with Gasteiger partial charge in [-0.05, 0) is 46.3 Å². The molecule has 2 nitrogen and oxygen atoms in total. The van der Waals surface area contributed by atoms with E-state index >= 15 is 0 Å². The Kier molecular flexibility index (Phi) is 4.22. The van der Waals surface area contributed by atoms with E-state index in [1.807, 2.05) is 0 Å². The summed E-state index contributed by atoms with van der Waals surface area (Å²) in [4.78, 5) is 0. The van der Waals surface area contributed by atoms with Crippen molar-refractivity contribution < 1.29 is 9.13 Å². The molecule has 0 spiro atoms. The molecule has 18 heavy (non-hydrogen) atoms. The average Bonchev–Trinajstić information content (AvgIpc) is 2.36. The van der Waals surface area contributed by atoms with Crippen LogP contribution in [0.25, 0.3) is 0 Å². The fourth-order valence-corrected chi connectivity index (χ4v) is 2.00. The van der Waals surface area contributed by atoms with Gasteiger partial charge in [-0.25, -0.2) is 4.39 Å². The van der Waals surface area contributed by atoms with Crippen LogP contribution in [-0.4, -0.2) is 0 Å². The Balaban J connectivity index is 2.36. The van der Waals surface area contributed by atoms with Crippen molar-refractivity contribution in [3.05, 3.63) is 57.3 Å². The van der Waals surface area contributed by atoms with Gasteiger partial charge < -0.3 is 10.5 Å². The molecular formula is C13H10BrClFNO. The van der Waals surface area contributed by atoms with Gasteiger partial charge in [-0.3, -0.25) is 0 Å². The quantitative estimate of drug-likeness (QED) is 0.899. The molecule has 0 aromatic heterocycles. The van der Waals surface area contributed by atoms with Gasteiger partial charge in [-0.2, -0.15) is 0 Å². The van der Waals surface area contributed by atoms with Crippen LogP contribution in [0.5, 0.6) is 11.5 Å². The molecule has 0 unspecified atom stereocenters. The van der Waals surface area contributed by atoms with Gasteiger partial charge in [0.05, 0.1) is 4.47 Å². The van der Waals surface area contributed by atoms with Crippen LogP contribution < -0.4 is 10.5 Å². The molecule has 2 rings (SSSR count). The molecule has 0 heterocycles. The molecule has 5 heteroatoms. The van der Waals surface area contributed by atoms with Crippen LogP contribution in [0.2, 0.25) is 5.02 Å². The number of hydrogen-bond acceptors (Lipinski definition) is 2. The predicted molar refractivity (Wildman–Crippen MR) is 73.5 cm³/mol. The van der Waals surface area contributed by atoms with Crippen LogP contribution in [0.1, 0.15) is 5.56 Å². The summed E-state index contributed by atoms with van der Waals surface area (Å²) in [6.45, 7) is 0.294. The van der Waals surface area contributed by atoms with E-state index in [4.69, 9.17) is 22.1 Å². The van der Waals surface area contributed by atoms with E-state index < -0.39 is 0 Å². The van der Waals surface area contributed by atoms with E-state index in [-0.39, 0.29) is 5.82 Å². The first-order valence-electron chi connectivity index (χ1n) is 5.21. The van der Waals surface area contributed by atoms with Crippen LogP contribution >= 0.6 is 27.5 Å². The highest BCUT2D eigenvalue weighted by molar-refractivity contribution is 9.10. The molecule has 0 aliphatic heterocycles. The molecule has 0 aliphatic rings. The largest absolute Gasteiger partial charge is 0.456 e. The van der Waals surface area contributed by atoms with Crippen molar-refractivity contribution in [2.75, 3.05) is 0 Å². The molecule has 2 aromatic carbocycles. The summed E-state index contributed by atoms with van der Waals surface area (Å²) in [6.07, 6.45) is 0. The molecule has 0 bridgehead atoms. The van der Waals surface area contributed by atoms with E-state index in [9.17, 15) is 4.39 Å². The maximum atomic E-state index is 13.1. The van der Waals surface area contributed by atoms with Gasteiger partial charge in [0.1, 0.15) is 17.3 Å². The monoisotopic (exact) mass is 329 g/mol. The highest BCUT2D eigenvalue weighted by Crippen LogP contribution is 2.33. The van der Waals surface area contributed by atoms with Crippen LogP contribution in [0, 0.1) is 5.82 Å². The lowest BCUT2D eigenvalue weighted by Gasteiger charge is -2.11. The molecule has 0 saturated carbocycles. The lowest BCUT2D eigenvalue weighted by molar-refractivity contribution is 0.468. The number of hydrogen-bond donors (Lipinski definition) is 1. The van der Waals surface area contributed by atoms with Crippen LogP contribution in [0.15, 0.2) is 40.9 Å². The van der Waals surface area contributed by atoms with Crippen molar-refractivity contribution in [1.82, 2.24) is 0 Å². The van der Waals surface area contributed by atoms with E-state index in [0.29, 0.717) is 27.5 Å². The molecule has 0 fully saturated rings. The summed E-state index contributed by atoms with van der Waals surface area (Å²) in [6, 6.07) is 9.37. The minimum Gasteiger partial charge on any atom is -0.456 e. The second-order valence-corrected chi connectivity index (χ2v) is 4.92. The molecule has 2 N–H and O–H groups in total. The standard InChI is InChI=1S/C13H10BrClFNO/c14-11-3-2-10(16)6-13(11)18-12-4-1-9(15)5-8(12)7-17/h1-6H,7,17H2. The normalized spacial score (nSPS) is 10.4. The number of ether oxygens (including phenoxy) is 1. The Bertz CT molecular complexity index is 577. The minimum absolute atomic E-state index is 0.294. The van der Waals surface area contributed by atoms with Crippen molar-refractivity contribution in [1.29, 1.82) is 0 Å².